The second-order valence-corrected chi connectivity index (χ2v) is 6.60. The second kappa shape index (κ2) is 9.69. The predicted octanol–water partition coefficient (Wildman–Crippen LogP) is 3.14. The van der Waals surface area contributed by atoms with Gasteiger partial charge in [0.2, 0.25) is 5.91 Å². The number of H-pyrrole nitrogens is 1. The number of aromatic amines is 1. The van der Waals surface area contributed by atoms with Gasteiger partial charge in [0.15, 0.2) is 0 Å². The van der Waals surface area contributed by atoms with Crippen molar-refractivity contribution in [1.29, 1.82) is 0 Å². The molecule has 3 N–H and O–H groups in total. The van der Waals surface area contributed by atoms with E-state index in [1.54, 1.807) is 36.4 Å². The van der Waals surface area contributed by atoms with Gasteiger partial charge in [-0.05, 0) is 42.3 Å². The van der Waals surface area contributed by atoms with E-state index in [2.05, 4.69) is 20.8 Å². The molecule has 1 heterocycles. The largest absolute Gasteiger partial charge is 0.495 e. The van der Waals surface area contributed by atoms with E-state index in [1.807, 2.05) is 6.92 Å². The first-order chi connectivity index (χ1) is 14.5. The SMILES string of the molecule is CCCNC(=O)CNC(=O)c1ccc2n[nH]c(C=Cc3ccc(F)cc3)c2c1OC. The maximum absolute atomic E-state index is 13.1. The van der Waals surface area contributed by atoms with Crippen molar-refractivity contribution in [2.45, 2.75) is 13.3 Å². The molecule has 0 bridgehead atoms. The topological polar surface area (TPSA) is 96.1 Å². The minimum Gasteiger partial charge on any atom is -0.495 e. The smallest absolute Gasteiger partial charge is 0.255 e. The Balaban J connectivity index is 1.86. The van der Waals surface area contributed by atoms with Crippen molar-refractivity contribution in [3.8, 4) is 5.75 Å². The molecule has 7 nitrogen and oxygen atoms in total. The van der Waals surface area contributed by atoms with E-state index < -0.39 is 5.91 Å². The van der Waals surface area contributed by atoms with Crippen LogP contribution in [0.25, 0.3) is 23.1 Å². The van der Waals surface area contributed by atoms with Crippen molar-refractivity contribution in [3.63, 3.8) is 0 Å². The zero-order valence-electron chi connectivity index (χ0n) is 16.8. The number of fused-ring (bicyclic) bond motifs is 1. The molecule has 1 aromatic heterocycles. The highest BCUT2D eigenvalue weighted by Crippen LogP contribution is 2.32. The number of ether oxygens (including phenoxy) is 1. The molecular formula is C22H23FN4O3. The van der Waals surface area contributed by atoms with E-state index >= 15 is 0 Å². The van der Waals surface area contributed by atoms with Gasteiger partial charge in [-0.25, -0.2) is 4.39 Å². The van der Waals surface area contributed by atoms with Gasteiger partial charge in [0.1, 0.15) is 11.6 Å². The molecule has 0 fully saturated rings. The first-order valence-corrected chi connectivity index (χ1v) is 9.57. The fraction of sp³-hybridized carbons (Fsp3) is 0.227. The highest BCUT2D eigenvalue weighted by atomic mass is 19.1. The van der Waals surface area contributed by atoms with Crippen LogP contribution in [0.2, 0.25) is 0 Å². The fourth-order valence-corrected chi connectivity index (χ4v) is 2.95. The highest BCUT2D eigenvalue weighted by molar-refractivity contribution is 6.06. The quantitative estimate of drug-likeness (QED) is 0.532. The molecule has 0 radical (unpaired) electrons. The summed E-state index contributed by atoms with van der Waals surface area (Å²) in [5.41, 5.74) is 2.38. The lowest BCUT2D eigenvalue weighted by Gasteiger charge is -2.11. The van der Waals surface area contributed by atoms with Crippen LogP contribution in [0.3, 0.4) is 0 Å². The lowest BCUT2D eigenvalue weighted by atomic mass is 10.1. The molecule has 3 aromatic rings. The van der Waals surface area contributed by atoms with Crippen LogP contribution < -0.4 is 15.4 Å². The van der Waals surface area contributed by atoms with Gasteiger partial charge < -0.3 is 15.4 Å². The van der Waals surface area contributed by atoms with Gasteiger partial charge >= 0.3 is 0 Å². The number of hydrogen-bond acceptors (Lipinski definition) is 4. The van der Waals surface area contributed by atoms with Crippen molar-refractivity contribution in [2.75, 3.05) is 20.2 Å². The third kappa shape index (κ3) is 4.83. The average Bonchev–Trinajstić information content (AvgIpc) is 3.18. The van der Waals surface area contributed by atoms with Gasteiger partial charge in [-0.15, -0.1) is 0 Å². The number of hydrogen-bond donors (Lipinski definition) is 3. The molecular weight excluding hydrogens is 387 g/mol. The van der Waals surface area contributed by atoms with Crippen LogP contribution in [0.5, 0.6) is 5.75 Å². The van der Waals surface area contributed by atoms with Crippen LogP contribution in [0.1, 0.15) is 35.0 Å². The number of carbonyl (C=O) groups excluding carboxylic acids is 2. The first kappa shape index (κ1) is 21.0. The Morgan fingerprint density at radius 2 is 1.90 bits per heavy atom. The maximum Gasteiger partial charge on any atom is 0.255 e. The van der Waals surface area contributed by atoms with Gasteiger partial charge in [0.25, 0.3) is 5.91 Å². The van der Waals surface area contributed by atoms with E-state index in [-0.39, 0.29) is 18.3 Å². The number of halogens is 1. The Bertz CT molecular complexity index is 1070. The Labute approximate surface area is 173 Å². The number of nitrogens with one attached hydrogen (secondary N) is 3. The molecule has 0 aliphatic rings. The van der Waals surface area contributed by atoms with Gasteiger partial charge in [-0.3, -0.25) is 14.7 Å². The maximum atomic E-state index is 13.1. The lowest BCUT2D eigenvalue weighted by molar-refractivity contribution is -0.120. The van der Waals surface area contributed by atoms with Crippen molar-refractivity contribution in [3.05, 3.63) is 59.0 Å². The van der Waals surface area contributed by atoms with Gasteiger partial charge in [0.05, 0.1) is 35.8 Å². The third-order valence-electron chi connectivity index (χ3n) is 4.44. The summed E-state index contributed by atoms with van der Waals surface area (Å²) in [6, 6.07) is 9.38. The van der Waals surface area contributed by atoms with E-state index in [0.717, 1.165) is 12.0 Å². The second-order valence-electron chi connectivity index (χ2n) is 6.60. The summed E-state index contributed by atoms with van der Waals surface area (Å²) in [5, 5.41) is 13.1. The summed E-state index contributed by atoms with van der Waals surface area (Å²) in [6.45, 7) is 2.39. The summed E-state index contributed by atoms with van der Waals surface area (Å²) >= 11 is 0. The molecule has 30 heavy (non-hydrogen) atoms. The van der Waals surface area contributed by atoms with Crippen LogP contribution in [-0.2, 0) is 4.79 Å². The monoisotopic (exact) mass is 410 g/mol. The van der Waals surface area contributed by atoms with Crippen LogP contribution in [-0.4, -0.2) is 42.2 Å². The van der Waals surface area contributed by atoms with E-state index in [9.17, 15) is 14.0 Å². The van der Waals surface area contributed by atoms with Gasteiger partial charge in [-0.2, -0.15) is 5.10 Å². The number of benzene rings is 2. The number of aromatic nitrogens is 2. The summed E-state index contributed by atoms with van der Waals surface area (Å²) in [5.74, 6) is -0.627. The molecule has 0 saturated heterocycles. The van der Waals surface area contributed by atoms with E-state index in [0.29, 0.717) is 34.5 Å². The molecule has 0 atom stereocenters. The Morgan fingerprint density at radius 1 is 1.13 bits per heavy atom. The Hall–Kier alpha value is -3.68. The molecule has 2 aromatic carbocycles. The molecule has 2 amide bonds. The molecule has 3 rings (SSSR count). The van der Waals surface area contributed by atoms with Crippen molar-refractivity contribution < 1.29 is 18.7 Å². The number of nitrogens with zero attached hydrogens (tertiary/aromatic N) is 1. The van der Waals surface area contributed by atoms with E-state index in [1.165, 1.54) is 19.2 Å². The minimum absolute atomic E-state index is 0.122. The lowest BCUT2D eigenvalue weighted by Crippen LogP contribution is -2.37. The number of amides is 2. The number of rotatable bonds is 8. The molecule has 0 unspecified atom stereocenters. The highest BCUT2D eigenvalue weighted by Gasteiger charge is 2.19. The fourth-order valence-electron chi connectivity index (χ4n) is 2.95. The zero-order valence-corrected chi connectivity index (χ0v) is 16.8. The molecule has 8 heteroatoms. The summed E-state index contributed by atoms with van der Waals surface area (Å²) < 4.78 is 18.6. The summed E-state index contributed by atoms with van der Waals surface area (Å²) in [4.78, 5) is 24.4. The van der Waals surface area contributed by atoms with E-state index in [4.69, 9.17) is 4.74 Å². The Kier molecular flexibility index (Phi) is 6.79. The third-order valence-corrected chi connectivity index (χ3v) is 4.44. The summed E-state index contributed by atoms with van der Waals surface area (Å²) in [7, 11) is 1.47. The first-order valence-electron chi connectivity index (χ1n) is 9.57. The normalized spacial score (nSPS) is 11.0. The average molecular weight is 410 g/mol. The van der Waals surface area contributed by atoms with Gasteiger partial charge in [0, 0.05) is 6.54 Å². The summed E-state index contributed by atoms with van der Waals surface area (Å²) in [6.07, 6.45) is 4.40. The molecule has 156 valence electrons. The van der Waals surface area contributed by atoms with Crippen LogP contribution in [0.4, 0.5) is 4.39 Å². The van der Waals surface area contributed by atoms with Crippen LogP contribution in [0, 0.1) is 5.82 Å². The van der Waals surface area contributed by atoms with Gasteiger partial charge in [-0.1, -0.05) is 25.1 Å². The number of carbonyl (C=O) groups is 2. The molecule has 0 saturated carbocycles. The predicted molar refractivity (Wildman–Crippen MR) is 114 cm³/mol. The van der Waals surface area contributed by atoms with Crippen molar-refractivity contribution >= 4 is 34.9 Å². The van der Waals surface area contributed by atoms with Crippen molar-refractivity contribution in [2.24, 2.45) is 0 Å². The minimum atomic E-state index is -0.421. The Morgan fingerprint density at radius 3 is 2.60 bits per heavy atom. The molecule has 0 spiro atoms. The molecule has 0 aliphatic heterocycles. The zero-order chi connectivity index (χ0) is 21.5. The standard InChI is InChI=1S/C22H23FN4O3/c1-3-12-24-19(28)13-25-22(29)16-9-11-18-20(21(16)30-2)17(26-27-18)10-6-14-4-7-15(23)8-5-14/h4-11H,3,12-13H2,1-2H3,(H,24,28)(H,25,29)(H,26,27). The molecule has 0 aliphatic carbocycles. The number of methoxy groups -OCH3 is 1. The van der Waals surface area contributed by atoms with Crippen LogP contribution >= 0.6 is 0 Å². The van der Waals surface area contributed by atoms with Crippen LogP contribution in [0.15, 0.2) is 36.4 Å². The van der Waals surface area contributed by atoms with Crippen molar-refractivity contribution in [1.82, 2.24) is 20.8 Å².